The second-order valence-corrected chi connectivity index (χ2v) is 11.8. The Labute approximate surface area is 225 Å². The van der Waals surface area contributed by atoms with E-state index < -0.39 is 16.1 Å². The second-order valence-electron chi connectivity index (χ2n) is 9.45. The van der Waals surface area contributed by atoms with Gasteiger partial charge in [0, 0.05) is 30.6 Å². The zero-order valence-corrected chi connectivity index (χ0v) is 23.2. The molecule has 1 N–H and O–H groups in total. The third kappa shape index (κ3) is 8.36. The van der Waals surface area contributed by atoms with Crippen LogP contribution in [0.3, 0.4) is 0 Å². The number of hydrogen-bond donors (Lipinski definition) is 1. The van der Waals surface area contributed by atoms with E-state index in [2.05, 4.69) is 5.32 Å². The number of hydrogen-bond acceptors (Lipinski definition) is 5. The molecule has 0 radical (unpaired) electrons. The smallest absolute Gasteiger partial charge is 0.242 e. The van der Waals surface area contributed by atoms with Crippen molar-refractivity contribution >= 4 is 39.1 Å². The van der Waals surface area contributed by atoms with Crippen molar-refractivity contribution in [3.63, 3.8) is 0 Å². The van der Waals surface area contributed by atoms with Gasteiger partial charge in [-0.25, -0.2) is 8.42 Å². The van der Waals surface area contributed by atoms with Crippen LogP contribution in [0.25, 0.3) is 0 Å². The van der Waals surface area contributed by atoms with Gasteiger partial charge in [0.25, 0.3) is 0 Å². The predicted molar refractivity (Wildman–Crippen MR) is 146 cm³/mol. The Hall–Kier alpha value is -2.78. The number of rotatable bonds is 12. The molecule has 3 rings (SSSR count). The van der Waals surface area contributed by atoms with E-state index >= 15 is 0 Å². The molecule has 1 aliphatic carbocycles. The molecule has 37 heavy (non-hydrogen) atoms. The van der Waals surface area contributed by atoms with Gasteiger partial charge in [-0.1, -0.05) is 42.6 Å². The zero-order chi connectivity index (χ0) is 27.0. The first-order valence-corrected chi connectivity index (χ1v) is 14.8. The monoisotopic (exact) mass is 549 g/mol. The number of ether oxygens (including phenoxy) is 1. The number of halogens is 1. The third-order valence-electron chi connectivity index (χ3n) is 6.63. The normalized spacial score (nSPS) is 14.7. The maximum Gasteiger partial charge on any atom is 0.242 e. The van der Waals surface area contributed by atoms with Gasteiger partial charge in [0.1, 0.15) is 11.8 Å². The summed E-state index contributed by atoms with van der Waals surface area (Å²) in [5.74, 6) is 0.311. The molecular formula is C27H36ClN3O5S. The van der Waals surface area contributed by atoms with Gasteiger partial charge in [-0.05, 0) is 62.1 Å². The number of nitrogens with zero attached hydrogens (tertiary/aromatic N) is 2. The first kappa shape index (κ1) is 28.8. The summed E-state index contributed by atoms with van der Waals surface area (Å²) >= 11 is 6.06. The summed E-state index contributed by atoms with van der Waals surface area (Å²) in [5.41, 5.74) is 1.31. The standard InChI is InChI=1S/C27H36ClN3O5S/c1-20(27(33)29-23-9-4-5-10-23)30(19-21-13-15-25(36-2)16-14-21)26(32)12-7-17-31(37(3,34)35)24-11-6-8-22(28)18-24/h6,8,11,13-16,18,20,23H,4-5,7,9-10,12,17,19H2,1-3H3,(H,29,33). The summed E-state index contributed by atoms with van der Waals surface area (Å²) in [6.07, 6.45) is 5.60. The second kappa shape index (κ2) is 13.1. The molecule has 2 aromatic carbocycles. The van der Waals surface area contributed by atoms with Crippen LogP contribution in [0.1, 0.15) is 51.0 Å². The molecule has 1 saturated carbocycles. The van der Waals surface area contributed by atoms with Crippen LogP contribution in [0.4, 0.5) is 5.69 Å². The van der Waals surface area contributed by atoms with E-state index in [0.717, 1.165) is 37.5 Å². The minimum absolute atomic E-state index is 0.0871. The van der Waals surface area contributed by atoms with E-state index in [1.165, 1.54) is 4.31 Å². The highest BCUT2D eigenvalue weighted by Gasteiger charge is 2.28. The average molecular weight is 550 g/mol. The van der Waals surface area contributed by atoms with Gasteiger partial charge in [0.15, 0.2) is 0 Å². The number of nitrogens with one attached hydrogen (secondary N) is 1. The number of amides is 2. The van der Waals surface area contributed by atoms with Gasteiger partial charge in [-0.15, -0.1) is 0 Å². The van der Waals surface area contributed by atoms with Gasteiger partial charge in [-0.2, -0.15) is 0 Å². The number of anilines is 1. The van der Waals surface area contributed by atoms with Crippen LogP contribution in [0.15, 0.2) is 48.5 Å². The molecule has 1 unspecified atom stereocenters. The lowest BCUT2D eigenvalue weighted by atomic mass is 10.1. The van der Waals surface area contributed by atoms with Crippen molar-refractivity contribution in [2.24, 2.45) is 0 Å². The van der Waals surface area contributed by atoms with Crippen LogP contribution in [0.5, 0.6) is 5.75 Å². The van der Waals surface area contributed by atoms with Crippen LogP contribution in [0, 0.1) is 0 Å². The summed E-state index contributed by atoms with van der Waals surface area (Å²) in [6.45, 7) is 2.11. The van der Waals surface area contributed by atoms with E-state index in [4.69, 9.17) is 16.3 Å². The average Bonchev–Trinajstić information content (AvgIpc) is 3.37. The SMILES string of the molecule is COc1ccc(CN(C(=O)CCCN(c2cccc(Cl)c2)S(C)(=O)=O)C(C)C(=O)NC2CCCC2)cc1. The van der Waals surface area contributed by atoms with Gasteiger partial charge < -0.3 is 15.0 Å². The van der Waals surface area contributed by atoms with E-state index in [-0.39, 0.29) is 43.8 Å². The van der Waals surface area contributed by atoms with Crippen molar-refractivity contribution in [2.45, 2.75) is 64.1 Å². The first-order valence-electron chi connectivity index (χ1n) is 12.5. The molecule has 202 valence electrons. The van der Waals surface area contributed by atoms with Crippen molar-refractivity contribution < 1.29 is 22.7 Å². The molecule has 1 atom stereocenters. The highest BCUT2D eigenvalue weighted by molar-refractivity contribution is 7.92. The molecule has 0 aromatic heterocycles. The Morgan fingerprint density at radius 1 is 1.14 bits per heavy atom. The molecule has 10 heteroatoms. The van der Waals surface area contributed by atoms with Crippen molar-refractivity contribution in [3.8, 4) is 5.75 Å². The number of sulfonamides is 1. The van der Waals surface area contributed by atoms with Crippen molar-refractivity contribution in [3.05, 3.63) is 59.1 Å². The molecule has 0 saturated heterocycles. The fourth-order valence-corrected chi connectivity index (χ4v) is 5.68. The molecule has 0 aliphatic heterocycles. The van der Waals surface area contributed by atoms with Crippen LogP contribution in [-0.2, 0) is 26.2 Å². The molecular weight excluding hydrogens is 514 g/mol. The van der Waals surface area contributed by atoms with E-state index in [1.54, 1.807) is 43.2 Å². The molecule has 0 heterocycles. The topological polar surface area (TPSA) is 96.0 Å². The van der Waals surface area contributed by atoms with Gasteiger partial charge in [0.05, 0.1) is 19.1 Å². The summed E-state index contributed by atoms with van der Waals surface area (Å²) < 4.78 is 31.3. The fraction of sp³-hybridized carbons (Fsp3) is 0.481. The van der Waals surface area contributed by atoms with E-state index in [1.807, 2.05) is 24.3 Å². The molecule has 2 aromatic rings. The summed E-state index contributed by atoms with van der Waals surface area (Å²) in [6, 6.07) is 13.4. The highest BCUT2D eigenvalue weighted by atomic mass is 35.5. The summed E-state index contributed by atoms with van der Waals surface area (Å²) in [7, 11) is -1.99. The minimum atomic E-state index is -3.58. The fourth-order valence-electron chi connectivity index (χ4n) is 4.54. The molecule has 1 fully saturated rings. The number of methoxy groups -OCH3 is 1. The summed E-state index contributed by atoms with van der Waals surface area (Å²) in [5, 5.41) is 3.51. The lowest BCUT2D eigenvalue weighted by Crippen LogP contribution is -2.49. The van der Waals surface area contributed by atoms with E-state index in [0.29, 0.717) is 16.5 Å². The van der Waals surface area contributed by atoms with Crippen molar-refractivity contribution in [1.82, 2.24) is 10.2 Å². The highest BCUT2D eigenvalue weighted by Crippen LogP contribution is 2.23. The van der Waals surface area contributed by atoms with Gasteiger partial charge >= 0.3 is 0 Å². The number of carbonyl (C=O) groups is 2. The van der Waals surface area contributed by atoms with Crippen molar-refractivity contribution in [2.75, 3.05) is 24.2 Å². The Kier molecular flexibility index (Phi) is 10.2. The number of benzene rings is 2. The molecule has 2 amide bonds. The Balaban J connectivity index is 1.72. The van der Waals surface area contributed by atoms with Crippen molar-refractivity contribution in [1.29, 1.82) is 0 Å². The largest absolute Gasteiger partial charge is 0.497 e. The van der Waals surface area contributed by atoms with Crippen LogP contribution in [-0.4, -0.2) is 57.1 Å². The quantitative estimate of drug-likeness (QED) is 0.424. The predicted octanol–water partition coefficient (Wildman–Crippen LogP) is 4.37. The third-order valence-corrected chi connectivity index (χ3v) is 8.06. The Morgan fingerprint density at radius 2 is 1.81 bits per heavy atom. The number of carbonyl (C=O) groups excluding carboxylic acids is 2. The van der Waals surface area contributed by atoms with Crippen LogP contribution in [0.2, 0.25) is 5.02 Å². The first-order chi connectivity index (χ1) is 17.6. The Morgan fingerprint density at radius 3 is 2.41 bits per heavy atom. The molecule has 0 bridgehead atoms. The maximum atomic E-state index is 13.4. The molecule has 1 aliphatic rings. The maximum absolute atomic E-state index is 13.4. The van der Waals surface area contributed by atoms with Gasteiger partial charge in [0.2, 0.25) is 21.8 Å². The lowest BCUT2D eigenvalue weighted by Gasteiger charge is -2.30. The zero-order valence-electron chi connectivity index (χ0n) is 21.7. The molecule has 0 spiro atoms. The minimum Gasteiger partial charge on any atom is -0.497 e. The van der Waals surface area contributed by atoms with Crippen LogP contribution < -0.4 is 14.4 Å². The van der Waals surface area contributed by atoms with Crippen LogP contribution >= 0.6 is 11.6 Å². The molecule has 8 nitrogen and oxygen atoms in total. The van der Waals surface area contributed by atoms with Gasteiger partial charge in [-0.3, -0.25) is 13.9 Å². The van der Waals surface area contributed by atoms with E-state index in [9.17, 15) is 18.0 Å². The Bertz CT molecular complexity index is 1170. The lowest BCUT2D eigenvalue weighted by molar-refractivity contribution is -0.141. The summed E-state index contributed by atoms with van der Waals surface area (Å²) in [4.78, 5) is 28.0.